The lowest BCUT2D eigenvalue weighted by molar-refractivity contribution is -0.144. The van der Waals surface area contributed by atoms with E-state index in [-0.39, 0.29) is 23.5 Å². The van der Waals surface area contributed by atoms with Gasteiger partial charge >= 0.3 is 5.97 Å². The molecular weight excluding hydrogens is 249 g/mol. The number of rotatable bonds is 3. The molecular formula is C14H18FNO3. The molecule has 1 heterocycles. The zero-order valence-corrected chi connectivity index (χ0v) is 10.8. The van der Waals surface area contributed by atoms with Gasteiger partial charge in [0.25, 0.3) is 0 Å². The number of carboxylic acid groups (broad SMARTS) is 1. The quantitative estimate of drug-likeness (QED) is 0.881. The molecule has 0 bridgehead atoms. The van der Waals surface area contributed by atoms with Crippen LogP contribution in [0.3, 0.4) is 0 Å². The van der Waals surface area contributed by atoms with Gasteiger partial charge in [0.15, 0.2) is 0 Å². The first-order valence-electron chi connectivity index (χ1n) is 6.41. The van der Waals surface area contributed by atoms with Crippen molar-refractivity contribution in [2.45, 2.75) is 32.4 Å². The van der Waals surface area contributed by atoms with E-state index in [1.165, 1.54) is 18.2 Å². The van der Waals surface area contributed by atoms with Gasteiger partial charge in [0.2, 0.25) is 0 Å². The number of nitrogens with zero attached hydrogens (tertiary/aromatic N) is 1. The molecule has 4 nitrogen and oxygen atoms in total. The highest BCUT2D eigenvalue weighted by molar-refractivity contribution is 5.70. The van der Waals surface area contributed by atoms with E-state index in [1.54, 1.807) is 0 Å². The summed E-state index contributed by atoms with van der Waals surface area (Å²) in [6.07, 6.45) is 1.18. The Morgan fingerprint density at radius 1 is 1.53 bits per heavy atom. The van der Waals surface area contributed by atoms with Gasteiger partial charge in [-0.2, -0.15) is 0 Å². The van der Waals surface area contributed by atoms with Crippen molar-refractivity contribution < 1.29 is 19.4 Å². The monoisotopic (exact) mass is 267 g/mol. The minimum Gasteiger partial charge on any atom is -0.508 e. The van der Waals surface area contributed by atoms with Gasteiger partial charge in [-0.25, -0.2) is 4.39 Å². The third-order valence-corrected chi connectivity index (χ3v) is 3.78. The highest BCUT2D eigenvalue weighted by atomic mass is 19.1. The maximum absolute atomic E-state index is 13.2. The fraction of sp³-hybridized carbons (Fsp3) is 0.500. The highest BCUT2D eigenvalue weighted by Gasteiger charge is 2.29. The van der Waals surface area contributed by atoms with Crippen LogP contribution in [0, 0.1) is 11.7 Å². The van der Waals surface area contributed by atoms with Gasteiger partial charge in [0, 0.05) is 18.2 Å². The summed E-state index contributed by atoms with van der Waals surface area (Å²) < 4.78 is 13.2. The molecule has 2 unspecified atom stereocenters. The SMILES string of the molecule is CC1CC(C(=O)O)CCN1Cc1cc(F)ccc1O. The molecule has 2 rings (SSSR count). The molecule has 5 heteroatoms. The van der Waals surface area contributed by atoms with Crippen LogP contribution in [-0.4, -0.2) is 33.7 Å². The Hall–Kier alpha value is -1.62. The third kappa shape index (κ3) is 3.23. The van der Waals surface area contributed by atoms with Crippen molar-refractivity contribution in [3.05, 3.63) is 29.6 Å². The number of carbonyl (C=O) groups is 1. The molecule has 0 aliphatic carbocycles. The van der Waals surface area contributed by atoms with Gasteiger partial charge in [0.05, 0.1) is 5.92 Å². The van der Waals surface area contributed by atoms with Gasteiger partial charge in [0.1, 0.15) is 11.6 Å². The Labute approximate surface area is 111 Å². The summed E-state index contributed by atoms with van der Waals surface area (Å²) in [5.74, 6) is -1.35. The summed E-state index contributed by atoms with van der Waals surface area (Å²) in [4.78, 5) is 13.0. The molecule has 0 amide bonds. The second-order valence-corrected chi connectivity index (χ2v) is 5.15. The first-order chi connectivity index (χ1) is 8.97. The van der Waals surface area contributed by atoms with Gasteiger partial charge in [-0.15, -0.1) is 0 Å². The Morgan fingerprint density at radius 2 is 2.26 bits per heavy atom. The molecule has 2 N–H and O–H groups in total. The topological polar surface area (TPSA) is 60.8 Å². The van der Waals surface area contributed by atoms with Crippen molar-refractivity contribution in [1.82, 2.24) is 4.90 Å². The van der Waals surface area contributed by atoms with E-state index >= 15 is 0 Å². The van der Waals surface area contributed by atoms with Crippen LogP contribution >= 0.6 is 0 Å². The summed E-state index contributed by atoms with van der Waals surface area (Å²) >= 11 is 0. The summed E-state index contributed by atoms with van der Waals surface area (Å²) in [6.45, 7) is 3.05. The van der Waals surface area contributed by atoms with Gasteiger partial charge in [-0.05, 0) is 44.5 Å². The predicted molar refractivity (Wildman–Crippen MR) is 68.3 cm³/mol. The summed E-state index contributed by atoms with van der Waals surface area (Å²) in [7, 11) is 0. The summed E-state index contributed by atoms with van der Waals surface area (Å²) in [5, 5.41) is 18.7. The molecule has 1 saturated heterocycles. The number of phenolic OH excluding ortho intramolecular Hbond substituents is 1. The minimum absolute atomic E-state index is 0.0777. The van der Waals surface area contributed by atoms with Crippen molar-refractivity contribution in [2.75, 3.05) is 6.54 Å². The number of likely N-dealkylation sites (tertiary alicyclic amines) is 1. The third-order valence-electron chi connectivity index (χ3n) is 3.78. The van der Waals surface area contributed by atoms with Crippen molar-refractivity contribution in [3.8, 4) is 5.75 Å². The maximum atomic E-state index is 13.2. The number of piperidine rings is 1. The van der Waals surface area contributed by atoms with E-state index in [0.29, 0.717) is 31.5 Å². The van der Waals surface area contributed by atoms with Crippen LogP contribution in [0.15, 0.2) is 18.2 Å². The smallest absolute Gasteiger partial charge is 0.306 e. The number of carboxylic acids is 1. The predicted octanol–water partition coefficient (Wildman–Crippen LogP) is 2.22. The van der Waals surface area contributed by atoms with Crippen molar-refractivity contribution in [3.63, 3.8) is 0 Å². The first-order valence-corrected chi connectivity index (χ1v) is 6.41. The molecule has 0 saturated carbocycles. The van der Waals surface area contributed by atoms with E-state index in [0.717, 1.165) is 0 Å². The Kier molecular flexibility index (Phi) is 4.04. The van der Waals surface area contributed by atoms with Crippen molar-refractivity contribution in [2.24, 2.45) is 5.92 Å². The molecule has 1 aliphatic rings. The van der Waals surface area contributed by atoms with Crippen molar-refractivity contribution in [1.29, 1.82) is 0 Å². The molecule has 1 aromatic carbocycles. The molecule has 0 spiro atoms. The second kappa shape index (κ2) is 5.57. The second-order valence-electron chi connectivity index (χ2n) is 5.15. The molecule has 1 aliphatic heterocycles. The van der Waals surface area contributed by atoms with Crippen LogP contribution in [0.2, 0.25) is 0 Å². The number of aromatic hydroxyl groups is 1. The molecule has 19 heavy (non-hydrogen) atoms. The van der Waals surface area contributed by atoms with E-state index in [4.69, 9.17) is 5.11 Å². The van der Waals surface area contributed by atoms with E-state index < -0.39 is 5.97 Å². The van der Waals surface area contributed by atoms with E-state index in [9.17, 15) is 14.3 Å². The Balaban J connectivity index is 2.04. The first kappa shape index (κ1) is 13.8. The van der Waals surface area contributed by atoms with Crippen LogP contribution in [0.25, 0.3) is 0 Å². The maximum Gasteiger partial charge on any atom is 0.306 e. The summed E-state index contributed by atoms with van der Waals surface area (Å²) in [6, 6.07) is 4.00. The molecule has 2 atom stereocenters. The Morgan fingerprint density at radius 3 is 2.89 bits per heavy atom. The summed E-state index contributed by atoms with van der Waals surface area (Å²) in [5.41, 5.74) is 0.542. The molecule has 0 radical (unpaired) electrons. The van der Waals surface area contributed by atoms with Crippen LogP contribution in [0.1, 0.15) is 25.3 Å². The number of hydrogen-bond acceptors (Lipinski definition) is 3. The standard InChI is InChI=1S/C14H18FNO3/c1-9-6-10(14(18)19)4-5-16(9)8-11-7-12(15)2-3-13(11)17/h2-3,7,9-10,17H,4-6,8H2,1H3,(H,18,19). The number of benzene rings is 1. The van der Waals surface area contributed by atoms with E-state index in [2.05, 4.69) is 4.90 Å². The van der Waals surface area contributed by atoms with Gasteiger partial charge in [-0.3, -0.25) is 9.69 Å². The average Bonchev–Trinajstić information content (AvgIpc) is 2.36. The number of phenols is 1. The molecule has 1 fully saturated rings. The fourth-order valence-corrected chi connectivity index (χ4v) is 2.58. The lowest BCUT2D eigenvalue weighted by Crippen LogP contribution is -2.42. The average molecular weight is 267 g/mol. The zero-order chi connectivity index (χ0) is 14.0. The van der Waals surface area contributed by atoms with Crippen LogP contribution < -0.4 is 0 Å². The molecule has 1 aromatic rings. The normalized spacial score (nSPS) is 24.3. The van der Waals surface area contributed by atoms with Crippen molar-refractivity contribution >= 4 is 5.97 Å². The van der Waals surface area contributed by atoms with E-state index in [1.807, 2.05) is 6.92 Å². The lowest BCUT2D eigenvalue weighted by atomic mass is 9.91. The Bertz CT molecular complexity index is 478. The zero-order valence-electron chi connectivity index (χ0n) is 10.8. The van der Waals surface area contributed by atoms with Crippen LogP contribution in [-0.2, 0) is 11.3 Å². The number of halogens is 1. The largest absolute Gasteiger partial charge is 0.508 e. The number of hydrogen-bond donors (Lipinski definition) is 2. The molecule has 0 aromatic heterocycles. The highest BCUT2D eigenvalue weighted by Crippen LogP contribution is 2.27. The lowest BCUT2D eigenvalue weighted by Gasteiger charge is -2.36. The molecule has 104 valence electrons. The number of aliphatic carboxylic acids is 1. The van der Waals surface area contributed by atoms with Gasteiger partial charge in [-0.1, -0.05) is 0 Å². The van der Waals surface area contributed by atoms with Crippen LogP contribution in [0.4, 0.5) is 4.39 Å². The van der Waals surface area contributed by atoms with Gasteiger partial charge < -0.3 is 10.2 Å². The minimum atomic E-state index is -0.750. The van der Waals surface area contributed by atoms with Crippen LogP contribution in [0.5, 0.6) is 5.75 Å². The fourth-order valence-electron chi connectivity index (χ4n) is 2.58.